The number of piperidine rings is 1. The third kappa shape index (κ3) is 5.06. The monoisotopic (exact) mass is 338 g/mol. The van der Waals surface area contributed by atoms with E-state index in [-0.39, 0.29) is 30.1 Å². The van der Waals surface area contributed by atoms with E-state index < -0.39 is 6.36 Å². The molecule has 0 radical (unpaired) electrons. The molecule has 1 amide bonds. The summed E-state index contributed by atoms with van der Waals surface area (Å²) >= 11 is 0. The smallest absolute Gasteiger partial charge is 0.406 e. The summed E-state index contributed by atoms with van der Waals surface area (Å²) in [5, 5.41) is 3.22. The maximum atomic E-state index is 12.3. The third-order valence-corrected chi connectivity index (χ3v) is 3.51. The van der Waals surface area contributed by atoms with Crippen molar-refractivity contribution in [2.45, 2.75) is 25.2 Å². The maximum absolute atomic E-state index is 12.3. The molecule has 1 aliphatic heterocycles. The van der Waals surface area contributed by atoms with Crippen LogP contribution in [0.2, 0.25) is 0 Å². The van der Waals surface area contributed by atoms with E-state index in [1.807, 2.05) is 0 Å². The predicted molar refractivity (Wildman–Crippen MR) is 78.4 cm³/mol. The Bertz CT molecular complexity index is 488. The number of rotatable bonds is 3. The molecule has 0 atom stereocenters. The number of nitrogens with zero attached hydrogens (tertiary/aromatic N) is 1. The van der Waals surface area contributed by atoms with Crippen molar-refractivity contribution in [1.29, 1.82) is 0 Å². The molecule has 1 heterocycles. The minimum absolute atomic E-state index is 0. The first-order valence-electron chi connectivity index (χ1n) is 6.70. The summed E-state index contributed by atoms with van der Waals surface area (Å²) in [6.45, 7) is 1.72. The van der Waals surface area contributed by atoms with E-state index in [4.69, 9.17) is 0 Å². The van der Waals surface area contributed by atoms with Gasteiger partial charge in [-0.25, -0.2) is 0 Å². The minimum atomic E-state index is -4.72. The number of alkyl halides is 3. The molecule has 2 rings (SSSR count). The van der Waals surface area contributed by atoms with Crippen LogP contribution in [0.5, 0.6) is 5.75 Å². The lowest BCUT2D eigenvalue weighted by molar-refractivity contribution is -0.274. The van der Waals surface area contributed by atoms with Crippen molar-refractivity contribution in [3.8, 4) is 5.75 Å². The van der Waals surface area contributed by atoms with Gasteiger partial charge in [0.25, 0.3) is 5.91 Å². The molecule has 8 heteroatoms. The van der Waals surface area contributed by atoms with Gasteiger partial charge in [-0.2, -0.15) is 0 Å². The normalized spacial score (nSPS) is 15.8. The van der Waals surface area contributed by atoms with Gasteiger partial charge < -0.3 is 15.0 Å². The van der Waals surface area contributed by atoms with E-state index in [2.05, 4.69) is 10.1 Å². The Morgan fingerprint density at radius 1 is 1.23 bits per heavy atom. The molecule has 0 spiro atoms. The molecule has 1 aliphatic rings. The van der Waals surface area contributed by atoms with E-state index >= 15 is 0 Å². The van der Waals surface area contributed by atoms with Crippen LogP contribution in [0.3, 0.4) is 0 Å². The molecule has 1 N–H and O–H groups in total. The van der Waals surface area contributed by atoms with Gasteiger partial charge in [-0.15, -0.1) is 25.6 Å². The van der Waals surface area contributed by atoms with Crippen molar-refractivity contribution < 1.29 is 22.7 Å². The summed E-state index contributed by atoms with van der Waals surface area (Å²) in [6.07, 6.45) is -2.98. The standard InChI is InChI=1S/C14H17F3N2O2.ClH/c1-19(11-6-8-18-9-7-11)13(20)10-2-4-12(5-3-10)21-14(15,16)17;/h2-5,11,18H,6-9H2,1H3;1H. The summed E-state index contributed by atoms with van der Waals surface area (Å²) < 4.78 is 40.0. The number of hydrogen-bond donors (Lipinski definition) is 1. The number of hydrogen-bond acceptors (Lipinski definition) is 3. The molecule has 1 fully saturated rings. The van der Waals surface area contributed by atoms with Gasteiger partial charge in [-0.05, 0) is 50.2 Å². The summed E-state index contributed by atoms with van der Waals surface area (Å²) in [7, 11) is 1.72. The fourth-order valence-corrected chi connectivity index (χ4v) is 2.36. The highest BCUT2D eigenvalue weighted by atomic mass is 35.5. The summed E-state index contributed by atoms with van der Waals surface area (Å²) in [4.78, 5) is 13.9. The molecule has 0 unspecified atom stereocenters. The Balaban J connectivity index is 0.00000242. The molecule has 0 saturated carbocycles. The maximum Gasteiger partial charge on any atom is 0.573 e. The van der Waals surface area contributed by atoms with E-state index in [1.54, 1.807) is 11.9 Å². The highest BCUT2D eigenvalue weighted by molar-refractivity contribution is 5.94. The van der Waals surface area contributed by atoms with E-state index in [0.29, 0.717) is 5.56 Å². The van der Waals surface area contributed by atoms with Crippen LogP contribution in [0.15, 0.2) is 24.3 Å². The molecule has 22 heavy (non-hydrogen) atoms. The number of ether oxygens (including phenoxy) is 1. The molecular weight excluding hydrogens is 321 g/mol. The van der Waals surface area contributed by atoms with Gasteiger partial charge >= 0.3 is 6.36 Å². The zero-order valence-corrected chi connectivity index (χ0v) is 12.8. The summed E-state index contributed by atoms with van der Waals surface area (Å²) in [6, 6.07) is 5.15. The lowest BCUT2D eigenvalue weighted by atomic mass is 10.0. The second-order valence-corrected chi connectivity index (χ2v) is 4.97. The molecule has 124 valence electrons. The van der Waals surface area contributed by atoms with Crippen LogP contribution >= 0.6 is 12.4 Å². The average Bonchev–Trinajstić information content (AvgIpc) is 2.46. The van der Waals surface area contributed by atoms with Crippen molar-refractivity contribution >= 4 is 18.3 Å². The van der Waals surface area contributed by atoms with Gasteiger partial charge in [0.2, 0.25) is 0 Å². The van der Waals surface area contributed by atoms with Crippen molar-refractivity contribution in [3.05, 3.63) is 29.8 Å². The highest BCUT2D eigenvalue weighted by Crippen LogP contribution is 2.23. The van der Waals surface area contributed by atoms with Crippen molar-refractivity contribution in [3.63, 3.8) is 0 Å². The largest absolute Gasteiger partial charge is 0.573 e. The quantitative estimate of drug-likeness (QED) is 0.921. The van der Waals surface area contributed by atoms with Crippen LogP contribution in [-0.2, 0) is 0 Å². The lowest BCUT2D eigenvalue weighted by Crippen LogP contribution is -2.43. The lowest BCUT2D eigenvalue weighted by Gasteiger charge is -2.31. The molecule has 1 aromatic rings. The van der Waals surface area contributed by atoms with Crippen molar-refractivity contribution in [2.24, 2.45) is 0 Å². The number of amides is 1. The Hall–Kier alpha value is -1.47. The number of halogens is 4. The van der Waals surface area contributed by atoms with Crippen LogP contribution in [0.4, 0.5) is 13.2 Å². The number of benzene rings is 1. The second kappa shape index (κ2) is 7.69. The fraction of sp³-hybridized carbons (Fsp3) is 0.500. The third-order valence-electron chi connectivity index (χ3n) is 3.51. The first-order chi connectivity index (χ1) is 9.87. The molecule has 0 bridgehead atoms. The zero-order valence-electron chi connectivity index (χ0n) is 12.0. The molecule has 1 saturated heterocycles. The van der Waals surface area contributed by atoms with Crippen LogP contribution < -0.4 is 10.1 Å². The molecule has 1 aromatic carbocycles. The second-order valence-electron chi connectivity index (χ2n) is 4.97. The number of carbonyl (C=O) groups is 1. The Kier molecular flexibility index (Phi) is 6.49. The molecule has 0 aliphatic carbocycles. The zero-order chi connectivity index (χ0) is 15.5. The van der Waals surface area contributed by atoms with Crippen LogP contribution in [0.25, 0.3) is 0 Å². The number of carbonyl (C=O) groups excluding carboxylic acids is 1. The first-order valence-corrected chi connectivity index (χ1v) is 6.70. The molecule has 4 nitrogen and oxygen atoms in total. The minimum Gasteiger partial charge on any atom is -0.406 e. The van der Waals surface area contributed by atoms with E-state index in [0.717, 1.165) is 38.1 Å². The summed E-state index contributed by atoms with van der Waals surface area (Å²) in [5.74, 6) is -0.524. The highest BCUT2D eigenvalue weighted by Gasteiger charge is 2.31. The van der Waals surface area contributed by atoms with Gasteiger partial charge in [-0.1, -0.05) is 0 Å². The van der Waals surface area contributed by atoms with Gasteiger partial charge in [0.1, 0.15) is 5.75 Å². The Labute approximate surface area is 133 Å². The van der Waals surface area contributed by atoms with Gasteiger partial charge in [0.15, 0.2) is 0 Å². The Morgan fingerprint density at radius 2 is 1.77 bits per heavy atom. The average molecular weight is 339 g/mol. The van der Waals surface area contributed by atoms with Crippen molar-refractivity contribution in [1.82, 2.24) is 10.2 Å². The van der Waals surface area contributed by atoms with Crippen LogP contribution in [0.1, 0.15) is 23.2 Å². The van der Waals surface area contributed by atoms with E-state index in [1.165, 1.54) is 12.1 Å². The topological polar surface area (TPSA) is 41.6 Å². The van der Waals surface area contributed by atoms with Crippen LogP contribution in [0, 0.1) is 0 Å². The van der Waals surface area contributed by atoms with Crippen molar-refractivity contribution in [2.75, 3.05) is 20.1 Å². The molecule has 0 aromatic heterocycles. The molecular formula is C14H18ClF3N2O2. The number of nitrogens with one attached hydrogen (secondary N) is 1. The summed E-state index contributed by atoms with van der Waals surface area (Å²) in [5.41, 5.74) is 0.352. The van der Waals surface area contributed by atoms with Gasteiger partial charge in [-0.3, -0.25) is 4.79 Å². The Morgan fingerprint density at radius 3 is 2.27 bits per heavy atom. The predicted octanol–water partition coefficient (Wildman–Crippen LogP) is 2.83. The van der Waals surface area contributed by atoms with Crippen LogP contribution in [-0.4, -0.2) is 43.3 Å². The van der Waals surface area contributed by atoms with Gasteiger partial charge in [0, 0.05) is 18.7 Å². The van der Waals surface area contributed by atoms with Gasteiger partial charge in [0.05, 0.1) is 0 Å². The first kappa shape index (κ1) is 18.6. The fourth-order valence-electron chi connectivity index (χ4n) is 2.36. The van der Waals surface area contributed by atoms with E-state index in [9.17, 15) is 18.0 Å². The SMILES string of the molecule is CN(C(=O)c1ccc(OC(F)(F)F)cc1)C1CCNCC1.Cl.